The number of imidazole rings is 1. The molecular formula is C21H18ClN3O2. The Hall–Kier alpha value is -3.05. The molecule has 0 spiro atoms. The van der Waals surface area contributed by atoms with Crippen molar-refractivity contribution in [1.82, 2.24) is 14.5 Å². The fourth-order valence-electron chi connectivity index (χ4n) is 3.09. The molecule has 0 fully saturated rings. The molecule has 2 aromatic heterocycles. The maximum absolute atomic E-state index is 12.5. The second-order valence-corrected chi connectivity index (χ2v) is 6.58. The van der Waals surface area contributed by atoms with Crippen molar-refractivity contribution in [3.8, 4) is 11.4 Å². The predicted molar refractivity (Wildman–Crippen MR) is 107 cm³/mol. The summed E-state index contributed by atoms with van der Waals surface area (Å²) in [5.41, 5.74) is 3.71. The first kappa shape index (κ1) is 17.4. The van der Waals surface area contributed by atoms with Crippen molar-refractivity contribution in [2.75, 3.05) is 0 Å². The monoisotopic (exact) mass is 379 g/mol. The number of rotatable bonds is 5. The van der Waals surface area contributed by atoms with Crippen LogP contribution in [0.2, 0.25) is 5.02 Å². The van der Waals surface area contributed by atoms with Crippen LogP contribution in [0.3, 0.4) is 0 Å². The van der Waals surface area contributed by atoms with Crippen molar-refractivity contribution in [3.05, 3.63) is 87.4 Å². The van der Waals surface area contributed by atoms with Gasteiger partial charge in [-0.1, -0.05) is 48.9 Å². The van der Waals surface area contributed by atoms with Crippen LogP contribution in [0.5, 0.6) is 5.75 Å². The van der Waals surface area contributed by atoms with Gasteiger partial charge in [-0.15, -0.1) is 0 Å². The number of fused-ring (bicyclic) bond motifs is 1. The molecule has 0 amide bonds. The molecule has 136 valence electrons. The fourth-order valence-corrected chi connectivity index (χ4v) is 3.37. The Labute approximate surface area is 161 Å². The van der Waals surface area contributed by atoms with Gasteiger partial charge in [-0.25, -0.2) is 14.3 Å². The number of aromatic nitrogens is 3. The maximum atomic E-state index is 12.5. The highest BCUT2D eigenvalue weighted by atomic mass is 35.5. The third kappa shape index (κ3) is 3.34. The minimum absolute atomic E-state index is 0.243. The second-order valence-electron chi connectivity index (χ2n) is 6.17. The van der Waals surface area contributed by atoms with Crippen LogP contribution in [0.1, 0.15) is 18.1 Å². The van der Waals surface area contributed by atoms with Crippen LogP contribution in [0.15, 0.2) is 65.6 Å². The molecule has 4 rings (SSSR count). The number of pyridine rings is 1. The average Bonchev–Trinajstić information content (AvgIpc) is 3.03. The number of nitrogens with one attached hydrogen (secondary N) is 1. The van der Waals surface area contributed by atoms with E-state index in [4.69, 9.17) is 16.3 Å². The van der Waals surface area contributed by atoms with E-state index >= 15 is 0 Å². The molecule has 0 atom stereocenters. The summed E-state index contributed by atoms with van der Waals surface area (Å²) in [5.74, 6) is 0.737. The normalized spacial score (nSPS) is 11.0. The van der Waals surface area contributed by atoms with E-state index in [1.165, 1.54) is 0 Å². The van der Waals surface area contributed by atoms with Gasteiger partial charge in [0.2, 0.25) is 0 Å². The molecule has 0 unspecified atom stereocenters. The van der Waals surface area contributed by atoms with Gasteiger partial charge in [0.25, 0.3) is 0 Å². The zero-order chi connectivity index (χ0) is 18.8. The van der Waals surface area contributed by atoms with Crippen LogP contribution >= 0.6 is 11.6 Å². The van der Waals surface area contributed by atoms with E-state index in [1.807, 2.05) is 61.5 Å². The lowest BCUT2D eigenvalue weighted by atomic mass is 10.2. The van der Waals surface area contributed by atoms with Crippen molar-refractivity contribution in [2.45, 2.75) is 20.0 Å². The standard InChI is InChI=1S/C21H18ClN3O2/c1-2-17-18(22)12-23-20-19(17)24-21(26)25(20)15-8-10-16(11-9-15)27-13-14-6-4-3-5-7-14/h3-12H,2,13H2,1H3,(H,24,26). The van der Waals surface area contributed by atoms with Gasteiger partial charge in [-0.2, -0.15) is 0 Å². The van der Waals surface area contributed by atoms with Crippen molar-refractivity contribution < 1.29 is 4.74 Å². The van der Waals surface area contributed by atoms with E-state index in [-0.39, 0.29) is 5.69 Å². The highest BCUT2D eigenvalue weighted by molar-refractivity contribution is 6.32. The van der Waals surface area contributed by atoms with Crippen LogP contribution < -0.4 is 10.4 Å². The van der Waals surface area contributed by atoms with Gasteiger partial charge in [0.15, 0.2) is 5.65 Å². The lowest BCUT2D eigenvalue weighted by Crippen LogP contribution is -2.14. The number of H-pyrrole nitrogens is 1. The molecule has 0 bridgehead atoms. The SMILES string of the molecule is CCc1c(Cl)cnc2c1[nH]c(=O)n2-c1ccc(OCc2ccccc2)cc1. The summed E-state index contributed by atoms with van der Waals surface area (Å²) in [6.45, 7) is 2.49. The smallest absolute Gasteiger partial charge is 0.332 e. The third-order valence-electron chi connectivity index (χ3n) is 4.46. The minimum Gasteiger partial charge on any atom is -0.489 e. The first-order chi connectivity index (χ1) is 13.2. The number of hydrogen-bond donors (Lipinski definition) is 1. The van der Waals surface area contributed by atoms with Crippen LogP contribution in [-0.2, 0) is 13.0 Å². The van der Waals surface area contributed by atoms with Crippen molar-refractivity contribution >= 4 is 22.8 Å². The topological polar surface area (TPSA) is 59.9 Å². The Balaban J connectivity index is 1.64. The molecule has 6 heteroatoms. The molecule has 5 nitrogen and oxygen atoms in total. The van der Waals surface area contributed by atoms with Gasteiger partial charge in [0, 0.05) is 6.20 Å². The first-order valence-electron chi connectivity index (χ1n) is 8.72. The number of aryl methyl sites for hydroxylation is 1. The van der Waals surface area contributed by atoms with E-state index in [1.54, 1.807) is 10.8 Å². The maximum Gasteiger partial charge on any atom is 0.332 e. The van der Waals surface area contributed by atoms with Crippen LogP contribution in [0.4, 0.5) is 0 Å². The van der Waals surface area contributed by atoms with Crippen molar-refractivity contribution in [1.29, 1.82) is 0 Å². The second kappa shape index (κ2) is 7.29. The van der Waals surface area contributed by atoms with E-state index < -0.39 is 0 Å². The number of nitrogens with zero attached hydrogens (tertiary/aromatic N) is 2. The Morgan fingerprint density at radius 2 is 1.85 bits per heavy atom. The summed E-state index contributed by atoms with van der Waals surface area (Å²) in [7, 11) is 0. The van der Waals surface area contributed by atoms with Gasteiger partial charge >= 0.3 is 5.69 Å². The number of ether oxygens (including phenoxy) is 1. The molecule has 4 aromatic rings. The first-order valence-corrected chi connectivity index (χ1v) is 9.10. The van der Waals surface area contributed by atoms with Crippen molar-refractivity contribution in [3.63, 3.8) is 0 Å². The van der Waals surface area contributed by atoms with E-state index in [9.17, 15) is 4.79 Å². The predicted octanol–water partition coefficient (Wildman–Crippen LogP) is 4.51. The average molecular weight is 380 g/mol. The lowest BCUT2D eigenvalue weighted by Gasteiger charge is -2.08. The van der Waals surface area contributed by atoms with Gasteiger partial charge in [0.05, 0.1) is 16.2 Å². The summed E-state index contributed by atoms with van der Waals surface area (Å²) >= 11 is 6.21. The summed E-state index contributed by atoms with van der Waals surface area (Å²) in [6.07, 6.45) is 2.30. The largest absolute Gasteiger partial charge is 0.489 e. The van der Waals surface area contributed by atoms with Crippen LogP contribution in [0.25, 0.3) is 16.9 Å². The molecule has 0 aliphatic rings. The number of hydrogen-bond acceptors (Lipinski definition) is 3. The van der Waals surface area contributed by atoms with E-state index in [2.05, 4.69) is 9.97 Å². The molecular weight excluding hydrogens is 362 g/mol. The third-order valence-corrected chi connectivity index (χ3v) is 4.78. The zero-order valence-corrected chi connectivity index (χ0v) is 15.5. The summed E-state index contributed by atoms with van der Waals surface area (Å²) < 4.78 is 7.35. The number of aromatic amines is 1. The summed E-state index contributed by atoms with van der Waals surface area (Å²) in [5, 5.41) is 0.558. The Kier molecular flexibility index (Phi) is 4.69. The highest BCUT2D eigenvalue weighted by Gasteiger charge is 2.15. The molecule has 0 saturated carbocycles. The molecule has 0 saturated heterocycles. The molecule has 2 heterocycles. The minimum atomic E-state index is -0.243. The summed E-state index contributed by atoms with van der Waals surface area (Å²) in [6, 6.07) is 17.4. The van der Waals surface area contributed by atoms with Gasteiger partial charge in [0.1, 0.15) is 12.4 Å². The lowest BCUT2D eigenvalue weighted by molar-refractivity contribution is 0.306. The van der Waals surface area contributed by atoms with Crippen LogP contribution in [0, 0.1) is 0 Å². The van der Waals surface area contributed by atoms with Gasteiger partial charge < -0.3 is 9.72 Å². The molecule has 1 N–H and O–H groups in total. The van der Waals surface area contributed by atoms with Crippen LogP contribution in [-0.4, -0.2) is 14.5 Å². The molecule has 2 aromatic carbocycles. The van der Waals surface area contributed by atoms with E-state index in [0.29, 0.717) is 29.2 Å². The molecule has 0 radical (unpaired) electrons. The van der Waals surface area contributed by atoms with E-state index in [0.717, 1.165) is 22.6 Å². The Bertz CT molecular complexity index is 1130. The van der Waals surface area contributed by atoms with Crippen molar-refractivity contribution in [2.24, 2.45) is 0 Å². The Morgan fingerprint density at radius 1 is 1.11 bits per heavy atom. The van der Waals surface area contributed by atoms with Gasteiger partial charge in [-0.3, -0.25) is 0 Å². The molecule has 0 aliphatic carbocycles. The summed E-state index contributed by atoms with van der Waals surface area (Å²) in [4.78, 5) is 19.7. The Morgan fingerprint density at radius 3 is 2.56 bits per heavy atom. The zero-order valence-electron chi connectivity index (χ0n) is 14.8. The highest BCUT2D eigenvalue weighted by Crippen LogP contribution is 2.24. The number of halogens is 1. The number of benzene rings is 2. The fraction of sp³-hybridized carbons (Fsp3) is 0.143. The molecule has 27 heavy (non-hydrogen) atoms. The molecule has 0 aliphatic heterocycles. The quantitative estimate of drug-likeness (QED) is 0.555. The van der Waals surface area contributed by atoms with Gasteiger partial charge in [-0.05, 0) is 41.8 Å².